The number of carbonyl (C=O) groups excluding carboxylic acids is 1. The van der Waals surface area contributed by atoms with Crippen molar-refractivity contribution in [1.82, 2.24) is 19.7 Å². The van der Waals surface area contributed by atoms with E-state index in [-0.39, 0.29) is 12.1 Å². The molecule has 2 amide bonds. The van der Waals surface area contributed by atoms with Crippen LogP contribution in [-0.2, 0) is 0 Å². The number of pyridine rings is 1. The van der Waals surface area contributed by atoms with Crippen LogP contribution < -0.4 is 4.74 Å². The molecular formula is C16H24N4O2. The van der Waals surface area contributed by atoms with E-state index in [0.717, 1.165) is 44.8 Å². The molecule has 1 atom stereocenters. The quantitative estimate of drug-likeness (QED) is 0.824. The summed E-state index contributed by atoms with van der Waals surface area (Å²) in [5.74, 6) is 0.652. The second-order valence-corrected chi connectivity index (χ2v) is 6.16. The number of urea groups is 1. The Hall–Kier alpha value is -1.82. The molecule has 1 aromatic heterocycles. The molecule has 3 rings (SSSR count). The zero-order valence-corrected chi connectivity index (χ0v) is 13.4. The zero-order valence-electron chi connectivity index (χ0n) is 13.4. The van der Waals surface area contributed by atoms with E-state index in [1.807, 2.05) is 34.9 Å². The third kappa shape index (κ3) is 3.50. The van der Waals surface area contributed by atoms with Crippen molar-refractivity contribution >= 4 is 6.03 Å². The monoisotopic (exact) mass is 304 g/mol. The third-order valence-electron chi connectivity index (χ3n) is 4.34. The van der Waals surface area contributed by atoms with Gasteiger partial charge in [0.15, 0.2) is 0 Å². The fourth-order valence-electron chi connectivity index (χ4n) is 2.95. The molecule has 0 radical (unpaired) electrons. The van der Waals surface area contributed by atoms with Crippen LogP contribution in [0.3, 0.4) is 0 Å². The van der Waals surface area contributed by atoms with Crippen molar-refractivity contribution in [3.8, 4) is 5.88 Å². The smallest absolute Gasteiger partial charge is 0.320 e. The highest BCUT2D eigenvalue weighted by Crippen LogP contribution is 2.18. The third-order valence-corrected chi connectivity index (χ3v) is 4.34. The number of piperazine rings is 1. The van der Waals surface area contributed by atoms with E-state index in [9.17, 15) is 4.79 Å². The van der Waals surface area contributed by atoms with Gasteiger partial charge in [0.25, 0.3) is 0 Å². The summed E-state index contributed by atoms with van der Waals surface area (Å²) >= 11 is 0. The van der Waals surface area contributed by atoms with Gasteiger partial charge in [0, 0.05) is 50.9 Å². The first-order chi connectivity index (χ1) is 10.6. The first-order valence-corrected chi connectivity index (χ1v) is 7.94. The molecule has 22 heavy (non-hydrogen) atoms. The highest BCUT2D eigenvalue weighted by Gasteiger charge is 2.31. The number of aromatic nitrogens is 1. The number of hydrogen-bond donors (Lipinski definition) is 0. The molecule has 0 aromatic carbocycles. The fourth-order valence-corrected chi connectivity index (χ4v) is 2.95. The minimum atomic E-state index is 0.0470. The predicted octanol–water partition coefficient (Wildman–Crippen LogP) is 1.21. The highest BCUT2D eigenvalue weighted by molar-refractivity contribution is 5.75. The molecule has 0 bridgehead atoms. The Bertz CT molecular complexity index is 529. The predicted molar refractivity (Wildman–Crippen MR) is 84.0 cm³/mol. The standard InChI is InChI=1S/C16H24N4O2/c1-13-4-3-5-15(17-13)22-14-6-7-20(12-14)16(21)19-10-8-18(2)9-11-19/h3-5,14H,6-12H2,1-2H3/t14-/m0/s1. The summed E-state index contributed by atoms with van der Waals surface area (Å²) in [7, 11) is 2.09. The minimum absolute atomic E-state index is 0.0470. The van der Waals surface area contributed by atoms with Crippen LogP contribution in [-0.4, -0.2) is 78.1 Å². The van der Waals surface area contributed by atoms with Crippen molar-refractivity contribution in [3.05, 3.63) is 23.9 Å². The Morgan fingerprint density at radius 3 is 2.68 bits per heavy atom. The van der Waals surface area contributed by atoms with Crippen molar-refractivity contribution in [2.24, 2.45) is 0 Å². The molecule has 120 valence electrons. The topological polar surface area (TPSA) is 48.9 Å². The van der Waals surface area contributed by atoms with E-state index in [2.05, 4.69) is 16.9 Å². The molecule has 0 saturated carbocycles. The van der Waals surface area contributed by atoms with E-state index < -0.39 is 0 Å². The number of aryl methyl sites for hydroxylation is 1. The normalized spacial score (nSPS) is 22.9. The van der Waals surface area contributed by atoms with Gasteiger partial charge in [0.1, 0.15) is 6.10 Å². The van der Waals surface area contributed by atoms with E-state index in [4.69, 9.17) is 4.74 Å². The number of ether oxygens (including phenoxy) is 1. The first-order valence-electron chi connectivity index (χ1n) is 7.94. The maximum Gasteiger partial charge on any atom is 0.320 e. The summed E-state index contributed by atoms with van der Waals surface area (Å²) in [4.78, 5) is 23.0. The molecule has 1 aromatic rings. The Kier molecular flexibility index (Phi) is 4.47. The molecule has 2 saturated heterocycles. The van der Waals surface area contributed by atoms with Gasteiger partial charge in [0.2, 0.25) is 5.88 Å². The van der Waals surface area contributed by atoms with Crippen molar-refractivity contribution in [2.75, 3.05) is 46.3 Å². The van der Waals surface area contributed by atoms with Crippen LogP contribution in [0.4, 0.5) is 4.79 Å². The molecular weight excluding hydrogens is 280 g/mol. The van der Waals surface area contributed by atoms with E-state index in [1.165, 1.54) is 0 Å². The van der Waals surface area contributed by atoms with Gasteiger partial charge in [-0.3, -0.25) is 0 Å². The summed E-state index contributed by atoms with van der Waals surface area (Å²) in [6.45, 7) is 6.90. The summed E-state index contributed by atoms with van der Waals surface area (Å²) < 4.78 is 5.91. The van der Waals surface area contributed by atoms with Crippen molar-refractivity contribution in [3.63, 3.8) is 0 Å². The lowest BCUT2D eigenvalue weighted by Gasteiger charge is -2.34. The van der Waals surface area contributed by atoms with Gasteiger partial charge in [-0.2, -0.15) is 0 Å². The molecule has 6 nitrogen and oxygen atoms in total. The SMILES string of the molecule is Cc1cccc(O[C@H]2CCN(C(=O)N3CCN(C)CC3)C2)n1. The van der Waals surface area contributed by atoms with Gasteiger partial charge >= 0.3 is 6.03 Å². The highest BCUT2D eigenvalue weighted by atomic mass is 16.5. The van der Waals surface area contributed by atoms with E-state index >= 15 is 0 Å². The van der Waals surface area contributed by atoms with Crippen LogP contribution in [0.1, 0.15) is 12.1 Å². The number of amides is 2. The van der Waals surface area contributed by atoms with Crippen molar-refractivity contribution < 1.29 is 9.53 Å². The molecule has 2 fully saturated rings. The minimum Gasteiger partial charge on any atom is -0.472 e. The number of likely N-dealkylation sites (tertiary alicyclic amines) is 1. The largest absolute Gasteiger partial charge is 0.472 e. The number of carbonyl (C=O) groups is 1. The number of nitrogens with zero attached hydrogens (tertiary/aromatic N) is 4. The summed E-state index contributed by atoms with van der Waals surface area (Å²) in [6, 6.07) is 5.92. The van der Waals surface area contributed by atoms with Crippen LogP contribution in [0.5, 0.6) is 5.88 Å². The zero-order chi connectivity index (χ0) is 15.5. The second-order valence-electron chi connectivity index (χ2n) is 6.16. The van der Waals surface area contributed by atoms with Crippen LogP contribution in [0.15, 0.2) is 18.2 Å². The average Bonchev–Trinajstić information content (AvgIpc) is 2.96. The molecule has 0 unspecified atom stereocenters. The Morgan fingerprint density at radius 1 is 1.18 bits per heavy atom. The molecule has 3 heterocycles. The molecule has 0 aliphatic carbocycles. The van der Waals surface area contributed by atoms with Gasteiger partial charge in [-0.15, -0.1) is 0 Å². The summed E-state index contributed by atoms with van der Waals surface area (Å²) in [5, 5.41) is 0. The molecule has 2 aliphatic rings. The summed E-state index contributed by atoms with van der Waals surface area (Å²) in [6.07, 6.45) is 0.917. The molecule has 0 spiro atoms. The summed E-state index contributed by atoms with van der Waals surface area (Å²) in [5.41, 5.74) is 0.945. The van der Waals surface area contributed by atoms with Gasteiger partial charge in [-0.25, -0.2) is 9.78 Å². The van der Waals surface area contributed by atoms with Gasteiger partial charge in [-0.05, 0) is 20.0 Å². The number of hydrogen-bond acceptors (Lipinski definition) is 4. The Labute approximate surface area is 131 Å². The van der Waals surface area contributed by atoms with Gasteiger partial charge < -0.3 is 19.4 Å². The van der Waals surface area contributed by atoms with E-state index in [1.54, 1.807) is 0 Å². The Morgan fingerprint density at radius 2 is 1.95 bits per heavy atom. The fraction of sp³-hybridized carbons (Fsp3) is 0.625. The molecule has 2 aliphatic heterocycles. The molecule has 0 N–H and O–H groups in total. The maximum atomic E-state index is 12.5. The van der Waals surface area contributed by atoms with E-state index in [0.29, 0.717) is 12.4 Å². The lowest BCUT2D eigenvalue weighted by Crippen LogP contribution is -2.51. The Balaban J connectivity index is 1.52. The van der Waals surface area contributed by atoms with Crippen LogP contribution in [0.2, 0.25) is 0 Å². The van der Waals surface area contributed by atoms with Gasteiger partial charge in [-0.1, -0.05) is 6.07 Å². The number of likely N-dealkylation sites (N-methyl/N-ethyl adjacent to an activating group) is 1. The van der Waals surface area contributed by atoms with Crippen LogP contribution >= 0.6 is 0 Å². The lowest BCUT2D eigenvalue weighted by atomic mass is 10.3. The average molecular weight is 304 g/mol. The molecule has 6 heteroatoms. The first kappa shape index (κ1) is 15.1. The van der Waals surface area contributed by atoms with Gasteiger partial charge in [0.05, 0.1) is 6.54 Å². The second kappa shape index (κ2) is 6.52. The lowest BCUT2D eigenvalue weighted by molar-refractivity contribution is 0.123. The van der Waals surface area contributed by atoms with Crippen molar-refractivity contribution in [1.29, 1.82) is 0 Å². The van der Waals surface area contributed by atoms with Crippen molar-refractivity contribution in [2.45, 2.75) is 19.4 Å². The van der Waals surface area contributed by atoms with Crippen LogP contribution in [0, 0.1) is 6.92 Å². The maximum absolute atomic E-state index is 12.5. The van der Waals surface area contributed by atoms with Crippen LogP contribution in [0.25, 0.3) is 0 Å². The number of rotatable bonds is 2.